The van der Waals surface area contributed by atoms with Gasteiger partial charge in [-0.1, -0.05) is 37.8 Å². The van der Waals surface area contributed by atoms with E-state index in [-0.39, 0.29) is 48.2 Å². The molecule has 2 spiro atoms. The first kappa shape index (κ1) is 47.5. The third kappa shape index (κ3) is 11.4. The summed E-state index contributed by atoms with van der Waals surface area (Å²) in [5.74, 6) is -0.393. The Morgan fingerprint density at radius 1 is 0.609 bits per heavy atom. The Labute approximate surface area is 386 Å². The number of hydrogen-bond acceptors (Lipinski definition) is 16. The SMILES string of the molecule is COc1ccsc1CN(CC[C@@]1(c2ccccn2)CCOC2(CCCC2)C1)OS(=O)(=O)CCS(=O)(=O)ON(CC[C@@]1(c2ccccn2)CCOC2(CCCC2)C1)Cc1sccc1OC. The zero-order valence-corrected chi connectivity index (χ0v) is 40.3. The van der Waals surface area contributed by atoms with Crippen molar-refractivity contribution in [3.8, 4) is 11.5 Å². The quantitative estimate of drug-likeness (QED) is 0.0735. The van der Waals surface area contributed by atoms with Gasteiger partial charge in [0.2, 0.25) is 0 Å². The first-order chi connectivity index (χ1) is 30.9. The van der Waals surface area contributed by atoms with E-state index in [9.17, 15) is 16.8 Å². The van der Waals surface area contributed by atoms with E-state index < -0.39 is 31.7 Å². The number of hydroxylamine groups is 4. The number of methoxy groups -OCH3 is 2. The van der Waals surface area contributed by atoms with Crippen molar-refractivity contribution in [1.29, 1.82) is 0 Å². The van der Waals surface area contributed by atoms with Gasteiger partial charge in [0.1, 0.15) is 11.5 Å². The fourth-order valence-electron chi connectivity index (χ4n) is 10.7. The second kappa shape index (κ2) is 20.4. The molecule has 2 aliphatic heterocycles. The fraction of sp³-hybridized carbons (Fsp3) is 0.609. The minimum atomic E-state index is -4.45. The van der Waals surface area contributed by atoms with Crippen molar-refractivity contribution in [2.24, 2.45) is 0 Å². The van der Waals surface area contributed by atoms with Gasteiger partial charge in [0, 0.05) is 60.9 Å². The van der Waals surface area contributed by atoms with Crippen LogP contribution in [0, 0.1) is 0 Å². The molecule has 350 valence electrons. The third-order valence-corrected chi connectivity index (χ3v) is 18.3. The maximum atomic E-state index is 14.0. The molecule has 2 saturated carbocycles. The number of ether oxygens (including phenoxy) is 4. The van der Waals surface area contributed by atoms with Crippen LogP contribution in [0.2, 0.25) is 0 Å². The lowest BCUT2D eigenvalue weighted by atomic mass is 9.68. The average Bonchev–Trinajstić information content (AvgIpc) is 4.14. The summed E-state index contributed by atoms with van der Waals surface area (Å²) in [7, 11) is -5.75. The zero-order valence-electron chi connectivity index (χ0n) is 37.0. The fourth-order valence-corrected chi connectivity index (χ4v) is 15.1. The lowest BCUT2D eigenvalue weighted by molar-refractivity contribution is -0.115. The molecule has 4 aromatic heterocycles. The monoisotopic (exact) mass is 958 g/mol. The Bertz CT molecular complexity index is 2170. The lowest BCUT2D eigenvalue weighted by Gasteiger charge is -2.47. The summed E-state index contributed by atoms with van der Waals surface area (Å²) >= 11 is 2.87. The van der Waals surface area contributed by atoms with E-state index in [1.54, 1.807) is 26.6 Å². The van der Waals surface area contributed by atoms with Crippen LogP contribution in [-0.4, -0.2) is 100 Å². The van der Waals surface area contributed by atoms with E-state index in [0.717, 1.165) is 98.2 Å². The summed E-state index contributed by atoms with van der Waals surface area (Å²) in [6.07, 6.45) is 16.1. The molecule has 14 nitrogen and oxygen atoms in total. The predicted molar refractivity (Wildman–Crippen MR) is 246 cm³/mol. The van der Waals surface area contributed by atoms with Gasteiger partial charge in [-0.3, -0.25) is 9.97 Å². The van der Waals surface area contributed by atoms with Crippen LogP contribution in [0.25, 0.3) is 0 Å². The molecule has 8 rings (SSSR count). The second-order valence-electron chi connectivity index (χ2n) is 18.0. The molecule has 4 aliphatic rings. The van der Waals surface area contributed by atoms with Gasteiger partial charge >= 0.3 is 0 Å². The molecule has 0 N–H and O–H groups in total. The summed E-state index contributed by atoms with van der Waals surface area (Å²) in [6, 6.07) is 15.6. The number of aromatic nitrogens is 2. The standard InChI is InChI=1S/C46H62N4O10S4/c1-55-37-13-29-61-39(37)33-49(25-19-43(41-11-3-9-23-47-41)21-27-57-45(35-43)15-5-6-16-45)59-63(51,52)31-32-64(53,54)60-50(34-40-38(56-2)14-30-62-40)26-20-44(42-12-4-10-24-48-42)22-28-58-46(36-44)17-7-8-18-46/h3-4,9-14,23-24,29-30H,5-8,15-22,25-28,31-36H2,1-2H3/t43-,44-/m1/s1. The lowest BCUT2D eigenvalue weighted by Crippen LogP contribution is -2.48. The van der Waals surface area contributed by atoms with E-state index in [1.807, 2.05) is 47.2 Å². The van der Waals surface area contributed by atoms with Crippen LogP contribution in [0.3, 0.4) is 0 Å². The van der Waals surface area contributed by atoms with Crippen molar-refractivity contribution in [3.63, 3.8) is 0 Å². The van der Waals surface area contributed by atoms with E-state index >= 15 is 0 Å². The van der Waals surface area contributed by atoms with Crippen LogP contribution in [0.5, 0.6) is 11.5 Å². The molecular weight excluding hydrogens is 897 g/mol. The molecular formula is C46H62N4O10S4. The van der Waals surface area contributed by atoms with Crippen LogP contribution in [-0.2, 0) is 62.2 Å². The summed E-state index contributed by atoms with van der Waals surface area (Å²) in [4.78, 5) is 11.2. The minimum absolute atomic E-state index is 0.115. The number of pyridine rings is 2. The van der Waals surface area contributed by atoms with E-state index in [4.69, 9.17) is 37.5 Å². The molecule has 4 aromatic rings. The minimum Gasteiger partial charge on any atom is -0.496 e. The molecule has 0 unspecified atom stereocenters. The highest BCUT2D eigenvalue weighted by molar-refractivity contribution is 7.90. The Morgan fingerprint density at radius 3 is 1.41 bits per heavy atom. The van der Waals surface area contributed by atoms with Gasteiger partial charge < -0.3 is 18.9 Å². The van der Waals surface area contributed by atoms with Crippen molar-refractivity contribution in [3.05, 3.63) is 92.8 Å². The van der Waals surface area contributed by atoms with Crippen molar-refractivity contribution in [2.45, 2.75) is 125 Å². The second-order valence-corrected chi connectivity index (χ2v) is 23.4. The van der Waals surface area contributed by atoms with Crippen molar-refractivity contribution < 1.29 is 44.4 Å². The smallest absolute Gasteiger partial charge is 0.284 e. The maximum Gasteiger partial charge on any atom is 0.284 e. The first-order valence-electron chi connectivity index (χ1n) is 22.5. The van der Waals surface area contributed by atoms with E-state index in [0.29, 0.717) is 37.6 Å². The molecule has 18 heteroatoms. The molecule has 0 bridgehead atoms. The number of rotatable bonds is 21. The van der Waals surface area contributed by atoms with Gasteiger partial charge in [-0.2, -0.15) is 35.5 Å². The Hall–Kier alpha value is -3.04. The highest BCUT2D eigenvalue weighted by Crippen LogP contribution is 2.51. The maximum absolute atomic E-state index is 14.0. The van der Waals surface area contributed by atoms with Crippen LogP contribution in [0.1, 0.15) is 111 Å². The largest absolute Gasteiger partial charge is 0.496 e. The average molecular weight is 959 g/mol. The normalized spacial score (nSPS) is 23.4. The molecule has 2 atom stereocenters. The van der Waals surface area contributed by atoms with Gasteiger partial charge in [0.15, 0.2) is 0 Å². The van der Waals surface area contributed by atoms with Crippen LogP contribution >= 0.6 is 22.7 Å². The Balaban J connectivity index is 0.988. The molecule has 6 heterocycles. The number of hydrogen-bond donors (Lipinski definition) is 0. The van der Waals surface area contributed by atoms with Gasteiger partial charge in [-0.05, 0) is 111 Å². The van der Waals surface area contributed by atoms with Gasteiger partial charge in [-0.15, -0.1) is 22.7 Å². The van der Waals surface area contributed by atoms with Crippen LogP contribution in [0.4, 0.5) is 0 Å². The molecule has 2 aliphatic carbocycles. The van der Waals surface area contributed by atoms with Crippen LogP contribution in [0.15, 0.2) is 71.7 Å². The molecule has 64 heavy (non-hydrogen) atoms. The Morgan fingerprint density at radius 2 is 1.03 bits per heavy atom. The van der Waals surface area contributed by atoms with Crippen LogP contribution < -0.4 is 9.47 Å². The summed E-state index contributed by atoms with van der Waals surface area (Å²) in [5.41, 5.74) is 0.688. The highest BCUT2D eigenvalue weighted by Gasteiger charge is 2.50. The van der Waals surface area contributed by atoms with Gasteiger partial charge in [0.25, 0.3) is 20.2 Å². The van der Waals surface area contributed by atoms with Crippen molar-refractivity contribution >= 4 is 42.9 Å². The van der Waals surface area contributed by atoms with E-state index in [2.05, 4.69) is 12.1 Å². The molecule has 0 aromatic carbocycles. The molecule has 2 saturated heterocycles. The Kier molecular flexibility index (Phi) is 15.2. The zero-order chi connectivity index (χ0) is 44.7. The summed E-state index contributed by atoms with van der Waals surface area (Å²) < 4.78 is 91.7. The van der Waals surface area contributed by atoms with Gasteiger partial charge in [0.05, 0.1) is 59.8 Å². The number of nitrogens with zero attached hydrogens (tertiary/aromatic N) is 4. The third-order valence-electron chi connectivity index (χ3n) is 13.9. The summed E-state index contributed by atoms with van der Waals surface area (Å²) in [5, 5.41) is 6.62. The van der Waals surface area contributed by atoms with Crippen molar-refractivity contribution in [2.75, 3.05) is 52.0 Å². The molecule has 0 radical (unpaired) electrons. The molecule has 0 amide bonds. The first-order valence-corrected chi connectivity index (χ1v) is 27.4. The highest BCUT2D eigenvalue weighted by atomic mass is 32.2. The summed E-state index contributed by atoms with van der Waals surface area (Å²) in [6.45, 7) is 1.87. The topological polar surface area (TPSA) is 156 Å². The predicted octanol–water partition coefficient (Wildman–Crippen LogP) is 8.35. The van der Waals surface area contributed by atoms with E-state index in [1.165, 1.54) is 32.8 Å². The number of thiophene rings is 2. The molecule has 4 fully saturated rings. The van der Waals surface area contributed by atoms with Crippen molar-refractivity contribution in [1.82, 2.24) is 20.1 Å². The van der Waals surface area contributed by atoms with Gasteiger partial charge in [-0.25, -0.2) is 0 Å².